The Morgan fingerprint density at radius 2 is 0.698 bits per heavy atom. The van der Waals surface area contributed by atoms with E-state index in [2.05, 4.69) is 187 Å². The molecule has 0 aliphatic heterocycles. The fourth-order valence-electron chi connectivity index (χ4n) is 5.68. The van der Waals surface area contributed by atoms with Crippen LogP contribution in [0.5, 0.6) is 0 Å². The number of fused-ring (bicyclic) bond motifs is 1. The van der Waals surface area contributed by atoms with E-state index in [9.17, 15) is 0 Å². The Bertz CT molecular complexity index is 1940. The maximum Gasteiger partial charge on any atom is 0.0468 e. The van der Waals surface area contributed by atoms with Crippen LogP contribution in [0.3, 0.4) is 0 Å². The first-order chi connectivity index (χ1) is 21.2. The predicted molar refractivity (Wildman–Crippen MR) is 184 cm³/mol. The molecule has 0 fully saturated rings. The molecule has 0 unspecified atom stereocenters. The van der Waals surface area contributed by atoms with Crippen molar-refractivity contribution in [2.24, 2.45) is 0 Å². The minimum Gasteiger partial charge on any atom is -0.345 e. The highest BCUT2D eigenvalue weighted by Crippen LogP contribution is 2.38. The highest BCUT2D eigenvalue weighted by molar-refractivity contribution is 5.89. The molecule has 0 aliphatic rings. The number of nitrogens with zero attached hydrogens (tertiary/aromatic N) is 2. The van der Waals surface area contributed by atoms with Crippen LogP contribution in [0, 0.1) is 0 Å². The van der Waals surface area contributed by atoms with Crippen molar-refractivity contribution in [2.75, 3.05) is 16.8 Å². The van der Waals surface area contributed by atoms with Crippen LogP contribution in [0.2, 0.25) is 0 Å². The molecule has 2 heteroatoms. The van der Waals surface area contributed by atoms with Crippen LogP contribution >= 0.6 is 0 Å². The smallest absolute Gasteiger partial charge is 0.0468 e. The van der Waals surface area contributed by atoms with Crippen LogP contribution < -0.4 is 9.80 Å². The fraction of sp³-hybridized carbons (Fsp3) is 0.0244. The third kappa shape index (κ3) is 5.51. The summed E-state index contributed by atoms with van der Waals surface area (Å²) in [5.74, 6) is 0. The lowest BCUT2D eigenvalue weighted by Gasteiger charge is -2.26. The van der Waals surface area contributed by atoms with Gasteiger partial charge in [-0.2, -0.15) is 0 Å². The van der Waals surface area contributed by atoms with E-state index in [1.807, 2.05) is 6.07 Å². The molecule has 0 N–H and O–H groups in total. The molecule has 0 heterocycles. The van der Waals surface area contributed by atoms with Gasteiger partial charge in [-0.1, -0.05) is 115 Å². The Morgan fingerprint density at radius 3 is 1.26 bits per heavy atom. The standard InChI is InChI=1S/C41H32N2/c1-42(37-14-6-3-7-15-37)38-23-16-34(17-24-38)35-20-27-40(28-21-35)43(41-29-22-32-12-8-9-13-36(32)30-41)39-25-18-33(19-26-39)31-10-4-2-5-11-31/h2-30H,1H3. The van der Waals surface area contributed by atoms with Crippen molar-refractivity contribution in [3.8, 4) is 22.3 Å². The summed E-state index contributed by atoms with van der Waals surface area (Å²) in [6.45, 7) is 0. The van der Waals surface area contributed by atoms with Crippen LogP contribution in [0.25, 0.3) is 33.0 Å². The lowest BCUT2D eigenvalue weighted by molar-refractivity contribution is 1.21. The topological polar surface area (TPSA) is 6.48 Å². The van der Waals surface area contributed by atoms with E-state index < -0.39 is 0 Å². The maximum absolute atomic E-state index is 2.34. The Balaban J connectivity index is 1.22. The molecule has 0 aromatic heterocycles. The minimum atomic E-state index is 1.12. The van der Waals surface area contributed by atoms with Gasteiger partial charge < -0.3 is 9.80 Å². The van der Waals surface area contributed by atoms with Crippen molar-refractivity contribution in [2.45, 2.75) is 0 Å². The fourth-order valence-corrected chi connectivity index (χ4v) is 5.68. The quantitative estimate of drug-likeness (QED) is 0.194. The highest BCUT2D eigenvalue weighted by Gasteiger charge is 2.14. The molecule has 7 rings (SSSR count). The third-order valence-corrected chi connectivity index (χ3v) is 8.08. The molecule has 0 aliphatic carbocycles. The van der Waals surface area contributed by atoms with Crippen LogP contribution in [-0.4, -0.2) is 7.05 Å². The van der Waals surface area contributed by atoms with E-state index in [0.29, 0.717) is 0 Å². The second-order valence-corrected chi connectivity index (χ2v) is 10.8. The zero-order valence-electron chi connectivity index (χ0n) is 24.1. The number of hydrogen-bond donors (Lipinski definition) is 0. The van der Waals surface area contributed by atoms with Gasteiger partial charge in [0.2, 0.25) is 0 Å². The van der Waals surface area contributed by atoms with Gasteiger partial charge in [0.1, 0.15) is 0 Å². The average Bonchev–Trinajstić information content (AvgIpc) is 3.09. The van der Waals surface area contributed by atoms with Gasteiger partial charge in [0, 0.05) is 35.5 Å². The van der Waals surface area contributed by atoms with Crippen molar-refractivity contribution >= 4 is 39.2 Å². The summed E-state index contributed by atoms with van der Waals surface area (Å²) in [6, 6.07) is 62.7. The molecule has 0 amide bonds. The molecule has 0 saturated carbocycles. The van der Waals surface area contributed by atoms with Gasteiger partial charge in [-0.3, -0.25) is 0 Å². The second kappa shape index (κ2) is 11.7. The Hall–Kier alpha value is -5.60. The van der Waals surface area contributed by atoms with Crippen LogP contribution in [0.1, 0.15) is 0 Å². The largest absolute Gasteiger partial charge is 0.345 e. The van der Waals surface area contributed by atoms with E-state index in [1.54, 1.807) is 0 Å². The normalized spacial score (nSPS) is 10.9. The van der Waals surface area contributed by atoms with Gasteiger partial charge in [0.15, 0.2) is 0 Å². The first-order valence-electron chi connectivity index (χ1n) is 14.7. The minimum absolute atomic E-state index is 1.12. The van der Waals surface area contributed by atoms with Crippen molar-refractivity contribution in [3.05, 3.63) is 176 Å². The molecule has 0 saturated heterocycles. The molecule has 0 atom stereocenters. The monoisotopic (exact) mass is 552 g/mol. The van der Waals surface area contributed by atoms with Gasteiger partial charge in [-0.05, 0) is 93.7 Å². The molecule has 0 radical (unpaired) electrons. The second-order valence-electron chi connectivity index (χ2n) is 10.8. The Labute approximate surface area is 253 Å². The Kier molecular flexibility index (Phi) is 7.17. The molecule has 2 nitrogen and oxygen atoms in total. The molecule has 206 valence electrons. The van der Waals surface area contributed by atoms with Crippen molar-refractivity contribution in [1.82, 2.24) is 0 Å². The van der Waals surface area contributed by atoms with Gasteiger partial charge in [-0.25, -0.2) is 0 Å². The molecule has 43 heavy (non-hydrogen) atoms. The van der Waals surface area contributed by atoms with Gasteiger partial charge in [0.05, 0.1) is 0 Å². The van der Waals surface area contributed by atoms with Crippen molar-refractivity contribution < 1.29 is 0 Å². The summed E-state index contributed by atoms with van der Waals surface area (Å²) in [5.41, 5.74) is 10.5. The van der Waals surface area contributed by atoms with E-state index in [-0.39, 0.29) is 0 Å². The summed E-state index contributed by atoms with van der Waals surface area (Å²) in [4.78, 5) is 4.54. The third-order valence-electron chi connectivity index (χ3n) is 8.08. The molecule has 7 aromatic carbocycles. The molecule has 7 aromatic rings. The Morgan fingerprint density at radius 1 is 0.302 bits per heavy atom. The summed E-state index contributed by atoms with van der Waals surface area (Å²) >= 11 is 0. The summed E-state index contributed by atoms with van der Waals surface area (Å²) < 4.78 is 0. The summed E-state index contributed by atoms with van der Waals surface area (Å²) in [5, 5.41) is 2.46. The summed E-state index contributed by atoms with van der Waals surface area (Å²) in [7, 11) is 2.10. The molecule has 0 spiro atoms. The first kappa shape index (κ1) is 26.3. The number of para-hydroxylation sites is 1. The van der Waals surface area contributed by atoms with E-state index in [4.69, 9.17) is 0 Å². The van der Waals surface area contributed by atoms with Gasteiger partial charge in [-0.15, -0.1) is 0 Å². The highest BCUT2D eigenvalue weighted by atomic mass is 15.1. The number of benzene rings is 7. The predicted octanol–water partition coefficient (Wildman–Crippen LogP) is 11.4. The SMILES string of the molecule is CN(c1ccccc1)c1ccc(-c2ccc(N(c3ccc(-c4ccccc4)cc3)c3ccc4ccccc4c3)cc2)cc1. The van der Waals surface area contributed by atoms with Crippen LogP contribution in [0.15, 0.2) is 176 Å². The van der Waals surface area contributed by atoms with Crippen LogP contribution in [0.4, 0.5) is 28.4 Å². The molecular weight excluding hydrogens is 520 g/mol. The van der Waals surface area contributed by atoms with Crippen LogP contribution in [-0.2, 0) is 0 Å². The lowest BCUT2D eigenvalue weighted by Crippen LogP contribution is -2.10. The molecular formula is C41H32N2. The van der Waals surface area contributed by atoms with Crippen molar-refractivity contribution in [1.29, 1.82) is 0 Å². The average molecular weight is 553 g/mol. The first-order valence-corrected chi connectivity index (χ1v) is 14.7. The number of hydrogen-bond acceptors (Lipinski definition) is 2. The van der Waals surface area contributed by atoms with E-state index >= 15 is 0 Å². The van der Waals surface area contributed by atoms with E-state index in [1.165, 1.54) is 38.7 Å². The van der Waals surface area contributed by atoms with Gasteiger partial charge in [0.25, 0.3) is 0 Å². The maximum atomic E-state index is 2.34. The molecule has 0 bridgehead atoms. The van der Waals surface area contributed by atoms with Crippen molar-refractivity contribution in [3.63, 3.8) is 0 Å². The lowest BCUT2D eigenvalue weighted by atomic mass is 10.0. The number of anilines is 5. The van der Waals surface area contributed by atoms with E-state index in [0.717, 1.165) is 22.7 Å². The van der Waals surface area contributed by atoms with Gasteiger partial charge >= 0.3 is 0 Å². The zero-order chi connectivity index (χ0) is 29.0. The summed E-state index contributed by atoms with van der Waals surface area (Å²) in [6.07, 6.45) is 0. The number of rotatable bonds is 7. The zero-order valence-corrected chi connectivity index (χ0v) is 24.1.